The van der Waals surface area contributed by atoms with Crippen LogP contribution in [0.4, 0.5) is 0 Å². The van der Waals surface area contributed by atoms with Crippen molar-refractivity contribution in [2.75, 3.05) is 13.1 Å². The van der Waals surface area contributed by atoms with Crippen LogP contribution in [0.2, 0.25) is 0 Å². The third-order valence-corrected chi connectivity index (χ3v) is 9.75. The fourth-order valence-corrected chi connectivity index (χ4v) is 6.56. The number of hydrogen-bond donors (Lipinski definition) is 8. The van der Waals surface area contributed by atoms with E-state index in [9.17, 15) is 38.4 Å². The molecule has 0 aliphatic carbocycles. The summed E-state index contributed by atoms with van der Waals surface area (Å²) in [4.78, 5) is 104. The van der Waals surface area contributed by atoms with Crippen LogP contribution in [0.25, 0.3) is 0 Å². The molecule has 11 N–H and O–H groups in total. The van der Waals surface area contributed by atoms with Gasteiger partial charge in [0.1, 0.15) is 24.2 Å². The molecule has 0 radical (unpaired) electrons. The van der Waals surface area contributed by atoms with Crippen LogP contribution in [-0.4, -0.2) is 95.5 Å². The van der Waals surface area contributed by atoms with E-state index in [1.54, 1.807) is 61.5 Å². The average Bonchev–Trinajstić information content (AvgIpc) is 3.62. The van der Waals surface area contributed by atoms with Gasteiger partial charge < -0.3 is 43.8 Å². The number of primary amides is 3. The van der Waals surface area contributed by atoms with Gasteiger partial charge in [-0.25, -0.2) is 0 Å². The number of hydrogen-bond acceptors (Lipinski definition) is 9. The van der Waals surface area contributed by atoms with Gasteiger partial charge in [0.15, 0.2) is 0 Å². The van der Waals surface area contributed by atoms with Crippen LogP contribution >= 0.6 is 0 Å². The van der Waals surface area contributed by atoms with E-state index in [4.69, 9.17) is 17.2 Å². The lowest BCUT2D eigenvalue weighted by Crippen LogP contribution is -2.57. The number of nitrogens with one attached hydrogen (secondary N) is 5. The number of amides is 8. The SMILES string of the molecule is CC[C@H](C)[C@H](NC(=O)[C@H](CCC(N)=O)NC(=O)[C@@H]1CCCN1C[C@@H](NC(=O)[C@H](CC(N)=O)NC(=O)[C@H](Cc1ccccc1)NC(C)=O)c1ccccc1)C(N)=O. The predicted octanol–water partition coefficient (Wildman–Crippen LogP) is -0.818. The molecule has 1 heterocycles. The highest BCUT2D eigenvalue weighted by Gasteiger charge is 2.37. The fraction of sp³-hybridized carbons (Fsp3) is 0.487. The summed E-state index contributed by atoms with van der Waals surface area (Å²) in [5, 5.41) is 13.5. The van der Waals surface area contributed by atoms with Crippen LogP contribution in [0.3, 0.4) is 0 Å². The molecular weight excluding hydrogens is 722 g/mol. The molecule has 1 saturated heterocycles. The summed E-state index contributed by atoms with van der Waals surface area (Å²) in [5.74, 6) is -5.63. The topological polar surface area (TPSA) is 278 Å². The van der Waals surface area contributed by atoms with E-state index < -0.39 is 89.9 Å². The maximum Gasteiger partial charge on any atom is 0.243 e. The largest absolute Gasteiger partial charge is 0.370 e. The molecule has 0 saturated carbocycles. The van der Waals surface area contributed by atoms with Crippen molar-refractivity contribution in [3.63, 3.8) is 0 Å². The number of nitrogens with two attached hydrogens (primary N) is 3. The van der Waals surface area contributed by atoms with Crippen LogP contribution in [0.5, 0.6) is 0 Å². The molecule has 0 bridgehead atoms. The molecule has 1 aliphatic rings. The molecule has 7 atom stereocenters. The molecule has 1 aliphatic heterocycles. The van der Waals surface area contributed by atoms with E-state index in [0.717, 1.165) is 5.56 Å². The lowest BCUT2D eigenvalue weighted by atomic mass is 9.97. The zero-order valence-corrected chi connectivity index (χ0v) is 32.1. The average molecular weight is 778 g/mol. The Labute approximate surface area is 326 Å². The molecule has 1 fully saturated rings. The Kier molecular flexibility index (Phi) is 17.4. The van der Waals surface area contributed by atoms with Gasteiger partial charge >= 0.3 is 0 Å². The van der Waals surface area contributed by atoms with Crippen molar-refractivity contribution in [2.24, 2.45) is 23.1 Å². The number of benzene rings is 2. The first-order chi connectivity index (χ1) is 26.6. The lowest BCUT2D eigenvalue weighted by Gasteiger charge is -2.31. The summed E-state index contributed by atoms with van der Waals surface area (Å²) in [7, 11) is 0. The van der Waals surface area contributed by atoms with E-state index >= 15 is 0 Å². The van der Waals surface area contributed by atoms with E-state index in [0.29, 0.717) is 31.4 Å². The van der Waals surface area contributed by atoms with E-state index in [1.807, 2.05) is 17.9 Å². The van der Waals surface area contributed by atoms with Crippen molar-refractivity contribution in [2.45, 2.75) is 102 Å². The minimum absolute atomic E-state index is 0.115. The van der Waals surface area contributed by atoms with Crippen molar-refractivity contribution in [3.8, 4) is 0 Å². The molecule has 17 nitrogen and oxygen atoms in total. The first-order valence-electron chi connectivity index (χ1n) is 18.8. The molecule has 56 heavy (non-hydrogen) atoms. The van der Waals surface area contributed by atoms with Crippen LogP contribution in [0.15, 0.2) is 60.7 Å². The van der Waals surface area contributed by atoms with Crippen LogP contribution < -0.4 is 43.8 Å². The molecule has 304 valence electrons. The van der Waals surface area contributed by atoms with E-state index in [1.165, 1.54) is 6.92 Å². The standard InChI is InChI=1S/C39H55N9O8/c1-4-23(2)34(35(42)52)47-36(53)27(17-18-32(40)50)44-39(56)31-16-11-19-48(31)22-30(26-14-9-6-10-15-26)46-38(55)29(21-33(41)51)45-37(54)28(43-24(3)49)20-25-12-7-5-8-13-25/h5-10,12-15,23,27-31,34H,4,11,16-22H2,1-3H3,(H2,40,50)(H2,41,51)(H2,42,52)(H,43,49)(H,44,56)(H,45,54)(H,46,55)(H,47,53)/t23-,27-,28-,29-,30+,31-,34-/m0/s1. The van der Waals surface area contributed by atoms with Gasteiger partial charge in [0, 0.05) is 26.3 Å². The van der Waals surface area contributed by atoms with Gasteiger partial charge in [0.2, 0.25) is 47.3 Å². The quantitative estimate of drug-likeness (QED) is 0.0741. The Hall–Kier alpha value is -5.84. The predicted molar refractivity (Wildman–Crippen MR) is 206 cm³/mol. The first-order valence-corrected chi connectivity index (χ1v) is 18.8. The molecule has 17 heteroatoms. The lowest BCUT2D eigenvalue weighted by molar-refractivity contribution is -0.134. The van der Waals surface area contributed by atoms with Crippen LogP contribution in [-0.2, 0) is 44.8 Å². The fourth-order valence-electron chi connectivity index (χ4n) is 6.56. The van der Waals surface area contributed by atoms with Crippen LogP contribution in [0.1, 0.15) is 76.5 Å². The maximum absolute atomic E-state index is 13.9. The van der Waals surface area contributed by atoms with Gasteiger partial charge in [-0.15, -0.1) is 0 Å². The van der Waals surface area contributed by atoms with Gasteiger partial charge in [-0.3, -0.25) is 43.3 Å². The summed E-state index contributed by atoms with van der Waals surface area (Å²) < 4.78 is 0. The van der Waals surface area contributed by atoms with Crippen LogP contribution in [0, 0.1) is 5.92 Å². The van der Waals surface area contributed by atoms with Gasteiger partial charge in [0.05, 0.1) is 18.5 Å². The van der Waals surface area contributed by atoms with Gasteiger partial charge in [-0.1, -0.05) is 80.9 Å². The Morgan fingerprint density at radius 3 is 1.93 bits per heavy atom. The van der Waals surface area contributed by atoms with E-state index in [2.05, 4.69) is 26.6 Å². The molecule has 2 aromatic rings. The van der Waals surface area contributed by atoms with Crippen molar-refractivity contribution in [3.05, 3.63) is 71.8 Å². The number of carbonyl (C=O) groups excluding carboxylic acids is 8. The Bertz CT molecular complexity index is 1690. The minimum atomic E-state index is -1.40. The first kappa shape index (κ1) is 44.6. The van der Waals surface area contributed by atoms with Gasteiger partial charge in [-0.05, 0) is 42.9 Å². The summed E-state index contributed by atoms with van der Waals surface area (Å²) >= 11 is 0. The zero-order chi connectivity index (χ0) is 41.4. The second-order valence-corrected chi connectivity index (χ2v) is 14.1. The summed E-state index contributed by atoms with van der Waals surface area (Å²) in [6.45, 7) is 5.42. The molecule has 2 aromatic carbocycles. The summed E-state index contributed by atoms with van der Waals surface area (Å²) in [5.41, 5.74) is 17.8. The van der Waals surface area contributed by atoms with Crippen molar-refractivity contribution >= 4 is 47.3 Å². The minimum Gasteiger partial charge on any atom is -0.370 e. The molecule has 0 aromatic heterocycles. The molecule has 0 unspecified atom stereocenters. The van der Waals surface area contributed by atoms with E-state index in [-0.39, 0.29) is 31.7 Å². The molecular formula is C39H55N9O8. The highest BCUT2D eigenvalue weighted by molar-refractivity contribution is 5.95. The van der Waals surface area contributed by atoms with Gasteiger partial charge in [-0.2, -0.15) is 0 Å². The number of nitrogens with zero attached hydrogens (tertiary/aromatic N) is 1. The number of rotatable bonds is 22. The monoisotopic (exact) mass is 777 g/mol. The molecule has 0 spiro atoms. The molecule has 3 rings (SSSR count). The Morgan fingerprint density at radius 2 is 1.36 bits per heavy atom. The highest BCUT2D eigenvalue weighted by Crippen LogP contribution is 2.23. The normalized spacial score (nSPS) is 17.2. The third-order valence-electron chi connectivity index (χ3n) is 9.75. The zero-order valence-electron chi connectivity index (χ0n) is 32.1. The van der Waals surface area contributed by atoms with Crippen molar-refractivity contribution in [1.82, 2.24) is 31.5 Å². The maximum atomic E-state index is 13.9. The number of carbonyl (C=O) groups is 8. The smallest absolute Gasteiger partial charge is 0.243 e. The second-order valence-electron chi connectivity index (χ2n) is 14.1. The third kappa shape index (κ3) is 14.1. The van der Waals surface area contributed by atoms with Gasteiger partial charge in [0.25, 0.3) is 0 Å². The Balaban J connectivity index is 1.82. The second kappa shape index (κ2) is 21.9. The number of likely N-dealkylation sites (tertiary alicyclic amines) is 1. The highest BCUT2D eigenvalue weighted by atomic mass is 16.2. The van der Waals surface area contributed by atoms with Crippen molar-refractivity contribution in [1.29, 1.82) is 0 Å². The Morgan fingerprint density at radius 1 is 0.750 bits per heavy atom. The summed E-state index contributed by atoms with van der Waals surface area (Å²) in [6.07, 6.45) is 0.828. The summed E-state index contributed by atoms with van der Waals surface area (Å²) in [6, 6.07) is 11.7. The van der Waals surface area contributed by atoms with Crippen molar-refractivity contribution < 1.29 is 38.4 Å². The molecule has 8 amide bonds.